The van der Waals surface area contributed by atoms with Crippen molar-refractivity contribution < 1.29 is 14.3 Å². The van der Waals surface area contributed by atoms with Gasteiger partial charge in [-0.1, -0.05) is 12.1 Å². The van der Waals surface area contributed by atoms with Crippen LogP contribution < -0.4 is 5.32 Å². The number of hydrogen-bond acceptors (Lipinski definition) is 2. The second-order valence-electron chi connectivity index (χ2n) is 4.48. The van der Waals surface area contributed by atoms with Gasteiger partial charge in [-0.25, -0.2) is 9.18 Å². The van der Waals surface area contributed by atoms with Crippen LogP contribution in [0.1, 0.15) is 18.4 Å². The van der Waals surface area contributed by atoms with Crippen molar-refractivity contribution in [3.8, 4) is 0 Å². The van der Waals surface area contributed by atoms with Crippen LogP contribution in [0.25, 0.3) is 0 Å². The van der Waals surface area contributed by atoms with Crippen molar-refractivity contribution in [1.82, 2.24) is 10.2 Å². The quantitative estimate of drug-likeness (QED) is 0.827. The Balaban J connectivity index is 1.92. The number of nitrogens with zero attached hydrogens (tertiary/aromatic N) is 1. The first-order valence-corrected chi connectivity index (χ1v) is 6.50. The number of carboxylic acids is 1. The molecule has 0 bridgehead atoms. The van der Waals surface area contributed by atoms with E-state index in [-0.39, 0.29) is 5.82 Å². The lowest BCUT2D eigenvalue weighted by atomic mass is 10.2. The van der Waals surface area contributed by atoms with Crippen LogP contribution in [0.15, 0.2) is 24.3 Å². The molecule has 102 valence electrons. The number of thiocarbonyl (C=S) groups is 1. The molecule has 19 heavy (non-hydrogen) atoms. The van der Waals surface area contributed by atoms with Gasteiger partial charge in [0.05, 0.1) is 0 Å². The van der Waals surface area contributed by atoms with Crippen LogP contribution in [0.5, 0.6) is 0 Å². The molecule has 2 rings (SSSR count). The molecule has 0 saturated carbocycles. The van der Waals surface area contributed by atoms with Gasteiger partial charge in [0.15, 0.2) is 5.11 Å². The van der Waals surface area contributed by atoms with Crippen LogP contribution >= 0.6 is 12.2 Å². The number of likely N-dealkylation sites (tertiary alicyclic amines) is 1. The van der Waals surface area contributed by atoms with Gasteiger partial charge in [-0.15, -0.1) is 0 Å². The van der Waals surface area contributed by atoms with E-state index >= 15 is 0 Å². The van der Waals surface area contributed by atoms with Crippen LogP contribution in [-0.2, 0) is 11.3 Å². The first-order valence-electron chi connectivity index (χ1n) is 6.09. The normalized spacial score (nSPS) is 18.4. The first kappa shape index (κ1) is 13.7. The van der Waals surface area contributed by atoms with Crippen molar-refractivity contribution in [3.63, 3.8) is 0 Å². The zero-order valence-corrected chi connectivity index (χ0v) is 11.1. The van der Waals surface area contributed by atoms with Crippen molar-refractivity contribution in [1.29, 1.82) is 0 Å². The molecule has 0 amide bonds. The Bertz CT molecular complexity index is 495. The molecule has 1 atom stereocenters. The number of benzene rings is 1. The summed E-state index contributed by atoms with van der Waals surface area (Å²) in [4.78, 5) is 12.7. The molecule has 1 aromatic rings. The van der Waals surface area contributed by atoms with E-state index in [2.05, 4.69) is 5.32 Å². The Morgan fingerprint density at radius 3 is 3.05 bits per heavy atom. The average molecular weight is 282 g/mol. The Morgan fingerprint density at radius 1 is 1.58 bits per heavy atom. The van der Waals surface area contributed by atoms with Gasteiger partial charge in [-0.05, 0) is 42.8 Å². The van der Waals surface area contributed by atoms with Gasteiger partial charge in [0.25, 0.3) is 0 Å². The van der Waals surface area contributed by atoms with Crippen molar-refractivity contribution >= 4 is 23.3 Å². The monoisotopic (exact) mass is 282 g/mol. The van der Waals surface area contributed by atoms with Gasteiger partial charge in [0.1, 0.15) is 11.9 Å². The van der Waals surface area contributed by atoms with Crippen LogP contribution in [0.3, 0.4) is 0 Å². The fraction of sp³-hybridized carbons (Fsp3) is 0.385. The zero-order chi connectivity index (χ0) is 13.8. The van der Waals surface area contributed by atoms with E-state index in [1.54, 1.807) is 17.0 Å². The molecule has 1 aliphatic rings. The first-order chi connectivity index (χ1) is 9.08. The van der Waals surface area contributed by atoms with E-state index in [9.17, 15) is 9.18 Å². The van der Waals surface area contributed by atoms with E-state index < -0.39 is 12.0 Å². The molecule has 1 unspecified atom stereocenters. The summed E-state index contributed by atoms with van der Waals surface area (Å²) in [6.07, 6.45) is 1.43. The Labute approximate surface area is 116 Å². The second kappa shape index (κ2) is 5.97. The third kappa shape index (κ3) is 3.41. The molecule has 0 aliphatic carbocycles. The summed E-state index contributed by atoms with van der Waals surface area (Å²) < 4.78 is 13.0. The van der Waals surface area contributed by atoms with Gasteiger partial charge >= 0.3 is 5.97 Å². The highest BCUT2D eigenvalue weighted by molar-refractivity contribution is 7.80. The number of halogens is 1. The largest absolute Gasteiger partial charge is 0.480 e. The van der Waals surface area contributed by atoms with Crippen LogP contribution in [0.2, 0.25) is 0 Å². The minimum Gasteiger partial charge on any atom is -0.480 e. The van der Waals surface area contributed by atoms with Crippen molar-refractivity contribution in [2.24, 2.45) is 0 Å². The fourth-order valence-corrected chi connectivity index (χ4v) is 2.48. The van der Waals surface area contributed by atoms with E-state index in [4.69, 9.17) is 17.3 Å². The summed E-state index contributed by atoms with van der Waals surface area (Å²) in [5.74, 6) is -1.15. The smallest absolute Gasteiger partial charge is 0.326 e. The number of nitrogens with one attached hydrogen (secondary N) is 1. The molecule has 0 spiro atoms. The van der Waals surface area contributed by atoms with Crippen LogP contribution in [0.4, 0.5) is 4.39 Å². The van der Waals surface area contributed by atoms with E-state index in [0.717, 1.165) is 12.0 Å². The lowest BCUT2D eigenvalue weighted by Gasteiger charge is -2.24. The molecule has 1 aliphatic heterocycles. The van der Waals surface area contributed by atoms with Crippen molar-refractivity contribution in [2.75, 3.05) is 6.54 Å². The second-order valence-corrected chi connectivity index (χ2v) is 4.86. The number of aliphatic carboxylic acids is 1. The summed E-state index contributed by atoms with van der Waals surface area (Å²) >= 11 is 5.20. The number of hydrogen-bond donors (Lipinski definition) is 2. The molecular weight excluding hydrogens is 267 g/mol. The summed E-state index contributed by atoms with van der Waals surface area (Å²) in [6, 6.07) is 5.67. The zero-order valence-electron chi connectivity index (χ0n) is 10.3. The lowest BCUT2D eigenvalue weighted by molar-refractivity contribution is -0.140. The highest BCUT2D eigenvalue weighted by atomic mass is 32.1. The van der Waals surface area contributed by atoms with Crippen LogP contribution in [-0.4, -0.2) is 33.7 Å². The number of rotatable bonds is 3. The summed E-state index contributed by atoms with van der Waals surface area (Å²) in [5, 5.41) is 12.5. The highest BCUT2D eigenvalue weighted by Gasteiger charge is 2.31. The third-order valence-electron chi connectivity index (χ3n) is 3.13. The van der Waals surface area contributed by atoms with Crippen LogP contribution in [0, 0.1) is 5.82 Å². The predicted molar refractivity (Wildman–Crippen MR) is 73.2 cm³/mol. The molecule has 2 N–H and O–H groups in total. The summed E-state index contributed by atoms with van der Waals surface area (Å²) in [6.45, 7) is 1.03. The van der Waals surface area contributed by atoms with Crippen molar-refractivity contribution in [3.05, 3.63) is 35.6 Å². The molecular formula is C13H15FN2O2S. The topological polar surface area (TPSA) is 52.6 Å². The van der Waals surface area contributed by atoms with Gasteiger partial charge in [0, 0.05) is 13.1 Å². The van der Waals surface area contributed by atoms with E-state index in [1.165, 1.54) is 12.1 Å². The summed E-state index contributed by atoms with van der Waals surface area (Å²) in [5.41, 5.74) is 0.772. The average Bonchev–Trinajstić information content (AvgIpc) is 2.85. The molecule has 0 aromatic heterocycles. The standard InChI is InChI=1S/C13H15FN2O2S/c14-10-4-1-3-9(7-10)8-15-13(19)16-6-2-5-11(16)12(17)18/h1,3-4,7,11H,2,5-6,8H2,(H,15,19)(H,17,18). The Hall–Kier alpha value is -1.69. The SMILES string of the molecule is O=C(O)C1CCCN1C(=S)NCc1cccc(F)c1. The third-order valence-corrected chi connectivity index (χ3v) is 3.51. The van der Waals surface area contributed by atoms with Gasteiger partial charge in [-0.3, -0.25) is 0 Å². The van der Waals surface area contributed by atoms with E-state index in [1.807, 2.05) is 0 Å². The fourth-order valence-electron chi connectivity index (χ4n) is 2.19. The lowest BCUT2D eigenvalue weighted by Crippen LogP contribution is -2.45. The molecule has 1 fully saturated rings. The van der Waals surface area contributed by atoms with Gasteiger partial charge in [0.2, 0.25) is 0 Å². The molecule has 6 heteroatoms. The highest BCUT2D eigenvalue weighted by Crippen LogP contribution is 2.17. The molecule has 1 aromatic carbocycles. The number of carbonyl (C=O) groups is 1. The maximum Gasteiger partial charge on any atom is 0.326 e. The molecule has 1 saturated heterocycles. The predicted octanol–water partition coefficient (Wildman–Crippen LogP) is 1.75. The molecule has 1 heterocycles. The Kier molecular flexibility index (Phi) is 4.31. The number of carboxylic acid groups (broad SMARTS) is 1. The maximum atomic E-state index is 13.0. The Morgan fingerprint density at radius 2 is 2.37 bits per heavy atom. The molecule has 4 nitrogen and oxygen atoms in total. The van der Waals surface area contributed by atoms with E-state index in [0.29, 0.717) is 24.6 Å². The summed E-state index contributed by atoms with van der Waals surface area (Å²) in [7, 11) is 0. The minimum absolute atomic E-state index is 0.296. The van der Waals surface area contributed by atoms with Gasteiger partial charge < -0.3 is 15.3 Å². The minimum atomic E-state index is -0.854. The van der Waals surface area contributed by atoms with Gasteiger partial charge in [-0.2, -0.15) is 0 Å². The maximum absolute atomic E-state index is 13.0. The molecule has 0 radical (unpaired) electrons. The van der Waals surface area contributed by atoms with Crippen molar-refractivity contribution in [2.45, 2.75) is 25.4 Å².